The van der Waals surface area contributed by atoms with Gasteiger partial charge in [0.05, 0.1) is 3.79 Å². The molecule has 84 valence electrons. The molecule has 1 fully saturated rings. The first-order chi connectivity index (χ1) is 7.16. The van der Waals surface area contributed by atoms with Crippen LogP contribution in [0.3, 0.4) is 0 Å². The van der Waals surface area contributed by atoms with Gasteiger partial charge in [0, 0.05) is 21.9 Å². The maximum atomic E-state index is 3.66. The second-order valence-electron chi connectivity index (χ2n) is 4.23. The minimum atomic E-state index is 0.727. The normalized spacial score (nSPS) is 26.1. The Labute approximate surface area is 112 Å². The molecule has 0 aromatic carbocycles. The predicted octanol–water partition coefficient (Wildman–Crippen LogP) is 4.55. The molecular formula is C11H15Br2NS. The van der Waals surface area contributed by atoms with Crippen molar-refractivity contribution >= 4 is 43.2 Å². The molecule has 15 heavy (non-hydrogen) atoms. The zero-order valence-electron chi connectivity index (χ0n) is 8.72. The van der Waals surface area contributed by atoms with Crippen molar-refractivity contribution in [2.75, 3.05) is 0 Å². The molecule has 1 aromatic rings. The quantitative estimate of drug-likeness (QED) is 0.841. The van der Waals surface area contributed by atoms with Crippen LogP contribution in [0.1, 0.15) is 31.1 Å². The van der Waals surface area contributed by atoms with E-state index in [2.05, 4.69) is 50.2 Å². The molecule has 0 radical (unpaired) electrons. The van der Waals surface area contributed by atoms with Crippen molar-refractivity contribution in [3.63, 3.8) is 0 Å². The van der Waals surface area contributed by atoms with E-state index in [9.17, 15) is 0 Å². The second kappa shape index (κ2) is 5.30. The highest BCUT2D eigenvalue weighted by atomic mass is 79.9. The summed E-state index contributed by atoms with van der Waals surface area (Å²) in [6, 6.07) is 2.92. The lowest BCUT2D eigenvalue weighted by Gasteiger charge is -2.16. The predicted molar refractivity (Wildman–Crippen MR) is 73.4 cm³/mol. The van der Waals surface area contributed by atoms with Crippen molar-refractivity contribution in [2.24, 2.45) is 5.92 Å². The Morgan fingerprint density at radius 1 is 1.47 bits per heavy atom. The maximum absolute atomic E-state index is 3.66. The van der Waals surface area contributed by atoms with Gasteiger partial charge in [0.25, 0.3) is 0 Å². The number of hydrogen-bond donors (Lipinski definition) is 1. The Balaban J connectivity index is 1.87. The van der Waals surface area contributed by atoms with Crippen LogP contribution in [0.2, 0.25) is 0 Å². The van der Waals surface area contributed by atoms with Crippen molar-refractivity contribution in [2.45, 2.75) is 38.8 Å². The largest absolute Gasteiger partial charge is 0.309 e. The third-order valence-electron chi connectivity index (χ3n) is 3.10. The number of halogens is 2. The number of nitrogens with one attached hydrogen (secondary N) is 1. The first-order valence-electron chi connectivity index (χ1n) is 5.34. The molecule has 0 amide bonds. The van der Waals surface area contributed by atoms with Crippen LogP contribution in [0.25, 0.3) is 0 Å². The highest BCUT2D eigenvalue weighted by molar-refractivity contribution is 9.13. The van der Waals surface area contributed by atoms with Crippen LogP contribution in [0.15, 0.2) is 14.3 Å². The first kappa shape index (κ1) is 12.1. The zero-order chi connectivity index (χ0) is 10.8. The fourth-order valence-electron chi connectivity index (χ4n) is 2.16. The molecule has 1 aliphatic rings. The van der Waals surface area contributed by atoms with E-state index >= 15 is 0 Å². The van der Waals surface area contributed by atoms with Crippen LogP contribution >= 0.6 is 43.2 Å². The van der Waals surface area contributed by atoms with E-state index in [1.54, 1.807) is 11.3 Å². The molecule has 1 saturated carbocycles. The van der Waals surface area contributed by atoms with Gasteiger partial charge in [0.15, 0.2) is 0 Å². The molecule has 4 heteroatoms. The maximum Gasteiger partial charge on any atom is 0.0843 e. The minimum Gasteiger partial charge on any atom is -0.309 e. The summed E-state index contributed by atoms with van der Waals surface area (Å²) < 4.78 is 2.36. The van der Waals surface area contributed by atoms with Gasteiger partial charge in [0.2, 0.25) is 0 Å². The Morgan fingerprint density at radius 3 is 2.80 bits per heavy atom. The van der Waals surface area contributed by atoms with E-state index in [-0.39, 0.29) is 0 Å². The van der Waals surface area contributed by atoms with Crippen LogP contribution in [-0.2, 0) is 6.54 Å². The molecule has 1 aliphatic carbocycles. The number of hydrogen-bond acceptors (Lipinski definition) is 2. The van der Waals surface area contributed by atoms with Crippen molar-refractivity contribution in [3.05, 3.63) is 19.2 Å². The highest BCUT2D eigenvalue weighted by Crippen LogP contribution is 2.33. The molecule has 1 aromatic heterocycles. The smallest absolute Gasteiger partial charge is 0.0843 e. The van der Waals surface area contributed by atoms with Gasteiger partial charge in [-0.3, -0.25) is 0 Å². The first-order valence-corrected chi connectivity index (χ1v) is 7.74. The van der Waals surface area contributed by atoms with E-state index in [4.69, 9.17) is 0 Å². The van der Waals surface area contributed by atoms with Crippen LogP contribution in [0, 0.1) is 5.92 Å². The lowest BCUT2D eigenvalue weighted by Crippen LogP contribution is -2.30. The van der Waals surface area contributed by atoms with Crippen LogP contribution < -0.4 is 5.32 Å². The molecule has 0 spiro atoms. The van der Waals surface area contributed by atoms with Crippen molar-refractivity contribution in [1.82, 2.24) is 5.32 Å². The molecule has 2 rings (SSSR count). The molecule has 0 aliphatic heterocycles. The molecule has 2 unspecified atom stereocenters. The van der Waals surface area contributed by atoms with Gasteiger partial charge in [-0.15, -0.1) is 11.3 Å². The SMILES string of the molecule is CC1CCCC1NCc1cc(Br)c(Br)s1. The van der Waals surface area contributed by atoms with Crippen LogP contribution in [0.5, 0.6) is 0 Å². The third-order valence-corrected chi connectivity index (χ3v) is 6.35. The molecule has 1 nitrogen and oxygen atoms in total. The van der Waals surface area contributed by atoms with Gasteiger partial charge >= 0.3 is 0 Å². The van der Waals surface area contributed by atoms with Crippen LogP contribution in [0.4, 0.5) is 0 Å². The Hall–Kier alpha value is 0.620. The van der Waals surface area contributed by atoms with Gasteiger partial charge in [-0.25, -0.2) is 0 Å². The third kappa shape index (κ3) is 3.05. The van der Waals surface area contributed by atoms with Crippen molar-refractivity contribution in [3.8, 4) is 0 Å². The average molecular weight is 353 g/mol. The zero-order valence-corrected chi connectivity index (χ0v) is 12.7. The summed E-state index contributed by atoms with van der Waals surface area (Å²) in [6.45, 7) is 3.36. The molecular weight excluding hydrogens is 338 g/mol. The fourth-order valence-corrected chi connectivity index (χ4v) is 4.29. The van der Waals surface area contributed by atoms with E-state index in [0.29, 0.717) is 0 Å². The summed E-state index contributed by atoms with van der Waals surface area (Å²) >= 11 is 8.85. The minimum absolute atomic E-state index is 0.727. The highest BCUT2D eigenvalue weighted by Gasteiger charge is 2.22. The van der Waals surface area contributed by atoms with Gasteiger partial charge in [0.1, 0.15) is 0 Å². The van der Waals surface area contributed by atoms with Crippen molar-refractivity contribution in [1.29, 1.82) is 0 Å². The standard InChI is InChI=1S/C11H15Br2NS/c1-7-3-2-4-10(7)14-6-8-5-9(12)11(13)15-8/h5,7,10,14H,2-4,6H2,1H3. The van der Waals surface area contributed by atoms with E-state index < -0.39 is 0 Å². The second-order valence-corrected chi connectivity index (χ2v) is 7.54. The summed E-state index contributed by atoms with van der Waals surface area (Å²) in [5.74, 6) is 0.844. The summed E-state index contributed by atoms with van der Waals surface area (Å²) in [7, 11) is 0. The monoisotopic (exact) mass is 351 g/mol. The molecule has 0 bridgehead atoms. The Bertz CT molecular complexity index is 318. The molecule has 0 saturated heterocycles. The topological polar surface area (TPSA) is 12.0 Å². The number of rotatable bonds is 3. The summed E-state index contributed by atoms with van der Waals surface area (Å²) in [4.78, 5) is 1.40. The average Bonchev–Trinajstić information content (AvgIpc) is 2.72. The number of thiophene rings is 1. The van der Waals surface area contributed by atoms with Gasteiger partial charge in [-0.05, 0) is 56.7 Å². The Kier molecular flexibility index (Phi) is 4.27. The summed E-state index contributed by atoms with van der Waals surface area (Å²) in [6.07, 6.45) is 4.11. The van der Waals surface area contributed by atoms with Gasteiger partial charge in [-0.2, -0.15) is 0 Å². The van der Waals surface area contributed by atoms with Gasteiger partial charge in [-0.1, -0.05) is 13.3 Å². The lowest BCUT2D eigenvalue weighted by atomic mass is 10.1. The summed E-state index contributed by atoms with van der Waals surface area (Å²) in [5, 5.41) is 3.66. The van der Waals surface area contributed by atoms with Gasteiger partial charge < -0.3 is 5.32 Å². The van der Waals surface area contributed by atoms with E-state index in [1.807, 2.05) is 0 Å². The molecule has 1 N–H and O–H groups in total. The van der Waals surface area contributed by atoms with E-state index in [0.717, 1.165) is 18.5 Å². The fraction of sp³-hybridized carbons (Fsp3) is 0.636. The Morgan fingerprint density at radius 2 is 2.27 bits per heavy atom. The van der Waals surface area contributed by atoms with Crippen molar-refractivity contribution < 1.29 is 0 Å². The van der Waals surface area contributed by atoms with E-state index in [1.165, 1.54) is 32.4 Å². The molecule has 1 heterocycles. The molecule has 2 atom stereocenters. The summed E-state index contributed by atoms with van der Waals surface area (Å²) in [5.41, 5.74) is 0. The van der Waals surface area contributed by atoms with Crippen LogP contribution in [-0.4, -0.2) is 6.04 Å². The lowest BCUT2D eigenvalue weighted by molar-refractivity contribution is 0.427.